The summed E-state index contributed by atoms with van der Waals surface area (Å²) in [7, 11) is -4.05. The van der Waals surface area contributed by atoms with E-state index in [2.05, 4.69) is 10.2 Å². The van der Waals surface area contributed by atoms with Crippen LogP contribution in [0.5, 0.6) is 5.75 Å². The number of aromatic nitrogens is 1. The fourth-order valence-corrected chi connectivity index (χ4v) is 7.59. The summed E-state index contributed by atoms with van der Waals surface area (Å²) in [6, 6.07) is 23.0. The van der Waals surface area contributed by atoms with Crippen LogP contribution in [0, 0.1) is 6.92 Å². The zero-order chi connectivity index (χ0) is 34.2. The summed E-state index contributed by atoms with van der Waals surface area (Å²) in [5, 5.41) is 5.86. The van der Waals surface area contributed by atoms with Crippen LogP contribution in [0.25, 0.3) is 21.8 Å². The number of aryl methyl sites for hydroxylation is 1. The first-order valence-corrected chi connectivity index (χ1v) is 17.9. The molecule has 1 saturated heterocycles. The summed E-state index contributed by atoms with van der Waals surface area (Å²) in [6.45, 7) is 10.8. The number of hydrogen-bond donors (Lipinski definition) is 1. The van der Waals surface area contributed by atoms with Gasteiger partial charge in [0.05, 0.1) is 10.4 Å². The van der Waals surface area contributed by atoms with Gasteiger partial charge in [-0.1, -0.05) is 40.9 Å². The maximum Gasteiger partial charge on any atom is 0.410 e. The van der Waals surface area contributed by atoms with Crippen LogP contribution in [-0.4, -0.2) is 73.2 Å². The Bertz CT molecular complexity index is 2070. The lowest BCUT2D eigenvalue weighted by molar-refractivity contribution is 0.0137. The summed E-state index contributed by atoms with van der Waals surface area (Å²) in [5.41, 5.74) is 2.83. The van der Waals surface area contributed by atoms with E-state index in [1.807, 2.05) is 52.0 Å². The van der Waals surface area contributed by atoms with Gasteiger partial charge in [0.2, 0.25) is 0 Å². The molecule has 252 valence electrons. The maximum absolute atomic E-state index is 14.4. The molecule has 0 bridgehead atoms. The molecule has 1 aliphatic heterocycles. The van der Waals surface area contributed by atoms with Gasteiger partial charge in [-0.3, -0.25) is 4.90 Å². The zero-order valence-corrected chi connectivity index (χ0v) is 29.6. The molecular formula is C36H38Cl2N4O5S. The van der Waals surface area contributed by atoms with Gasteiger partial charge in [0.15, 0.2) is 0 Å². The lowest BCUT2D eigenvalue weighted by atomic mass is 10.1. The van der Waals surface area contributed by atoms with Crippen molar-refractivity contribution in [3.63, 3.8) is 0 Å². The molecule has 0 radical (unpaired) electrons. The van der Waals surface area contributed by atoms with Crippen molar-refractivity contribution >= 4 is 72.5 Å². The highest BCUT2D eigenvalue weighted by atomic mass is 35.5. The molecule has 0 spiro atoms. The number of carbonyl (C=O) groups excluding carboxylic acids is 1. The molecule has 12 heteroatoms. The van der Waals surface area contributed by atoms with Crippen molar-refractivity contribution in [2.75, 3.05) is 44.6 Å². The number of anilines is 2. The average Bonchev–Trinajstić information content (AvgIpc) is 3.36. The smallest absolute Gasteiger partial charge is 0.410 e. The lowest BCUT2D eigenvalue weighted by Gasteiger charge is -2.35. The second kappa shape index (κ2) is 13.5. The first-order valence-electron chi connectivity index (χ1n) is 15.7. The molecule has 1 aromatic heterocycles. The third kappa shape index (κ3) is 7.37. The number of benzene rings is 4. The third-order valence-corrected chi connectivity index (χ3v) is 10.3. The van der Waals surface area contributed by atoms with E-state index in [4.69, 9.17) is 32.7 Å². The Hall–Kier alpha value is -3.96. The predicted molar refractivity (Wildman–Crippen MR) is 193 cm³/mol. The standard InChI is InChI=1S/C36H38Cl2N4O5S/c1-24-5-12-29(13-6-24)48(44,45)42-32-14-9-26(38)21-30(32)31-22-28(39-27-10-7-25(37)8-11-27)23-33(34(31)42)46-20-19-40-15-17-41(18-16-40)35(43)47-36(2,3)4/h5-14,21-23,39H,15-20H2,1-4H3. The van der Waals surface area contributed by atoms with E-state index in [0.29, 0.717) is 82.6 Å². The van der Waals surface area contributed by atoms with Gasteiger partial charge in [0, 0.05) is 71.0 Å². The highest BCUT2D eigenvalue weighted by Crippen LogP contribution is 2.41. The highest BCUT2D eigenvalue weighted by Gasteiger charge is 2.28. The number of piperazine rings is 1. The second-order valence-corrected chi connectivity index (χ2v) is 15.6. The molecular weight excluding hydrogens is 671 g/mol. The Morgan fingerprint density at radius 2 is 1.50 bits per heavy atom. The number of nitrogens with zero attached hydrogens (tertiary/aromatic N) is 3. The Kier molecular flexibility index (Phi) is 9.55. The fourth-order valence-electron chi connectivity index (χ4n) is 5.76. The van der Waals surface area contributed by atoms with Gasteiger partial charge in [-0.2, -0.15) is 0 Å². The van der Waals surface area contributed by atoms with Crippen LogP contribution in [0.3, 0.4) is 0 Å². The van der Waals surface area contributed by atoms with Crippen molar-refractivity contribution in [3.8, 4) is 5.75 Å². The van der Waals surface area contributed by atoms with Crippen LogP contribution >= 0.6 is 23.2 Å². The van der Waals surface area contributed by atoms with E-state index in [-0.39, 0.29) is 11.0 Å². The van der Waals surface area contributed by atoms with Crippen molar-refractivity contribution in [1.29, 1.82) is 0 Å². The fraction of sp³-hybridized carbons (Fsp3) is 0.306. The van der Waals surface area contributed by atoms with E-state index < -0.39 is 15.6 Å². The van der Waals surface area contributed by atoms with Crippen LogP contribution in [0.4, 0.5) is 16.2 Å². The summed E-state index contributed by atoms with van der Waals surface area (Å²) in [6.07, 6.45) is -0.312. The first kappa shape index (κ1) is 33.9. The predicted octanol–water partition coefficient (Wildman–Crippen LogP) is 8.32. The molecule has 9 nitrogen and oxygen atoms in total. The molecule has 1 amide bonds. The Morgan fingerprint density at radius 1 is 0.833 bits per heavy atom. The Balaban J connectivity index is 1.36. The molecule has 1 aliphatic rings. The lowest BCUT2D eigenvalue weighted by Crippen LogP contribution is -2.50. The van der Waals surface area contributed by atoms with E-state index in [1.165, 1.54) is 3.97 Å². The largest absolute Gasteiger partial charge is 0.490 e. The van der Waals surface area contributed by atoms with Crippen LogP contribution < -0.4 is 10.1 Å². The van der Waals surface area contributed by atoms with Crippen LogP contribution in [0.15, 0.2) is 83.8 Å². The summed E-state index contributed by atoms with van der Waals surface area (Å²) < 4.78 is 42.1. The van der Waals surface area contributed by atoms with Crippen molar-refractivity contribution < 1.29 is 22.7 Å². The van der Waals surface area contributed by atoms with Crippen molar-refractivity contribution in [3.05, 3.63) is 94.5 Å². The minimum Gasteiger partial charge on any atom is -0.490 e. The first-order chi connectivity index (χ1) is 22.8. The van der Waals surface area contributed by atoms with Crippen LogP contribution in [0.2, 0.25) is 10.0 Å². The van der Waals surface area contributed by atoms with Gasteiger partial charge in [0.25, 0.3) is 10.0 Å². The minimum absolute atomic E-state index is 0.166. The molecule has 0 aliphatic carbocycles. The molecule has 48 heavy (non-hydrogen) atoms. The zero-order valence-electron chi connectivity index (χ0n) is 27.3. The molecule has 4 aromatic carbocycles. The molecule has 2 heterocycles. The number of nitrogens with one attached hydrogen (secondary N) is 1. The number of amides is 1. The molecule has 0 atom stereocenters. The number of fused-ring (bicyclic) bond motifs is 3. The number of carbonyl (C=O) groups is 1. The molecule has 1 N–H and O–H groups in total. The topological polar surface area (TPSA) is 93.1 Å². The summed E-state index contributed by atoms with van der Waals surface area (Å²) in [4.78, 5) is 16.6. The summed E-state index contributed by atoms with van der Waals surface area (Å²) >= 11 is 12.6. The Morgan fingerprint density at radius 3 is 2.17 bits per heavy atom. The number of rotatable bonds is 8. The van der Waals surface area contributed by atoms with E-state index in [0.717, 1.165) is 11.3 Å². The van der Waals surface area contributed by atoms with Crippen molar-refractivity contribution in [2.24, 2.45) is 0 Å². The quantitative estimate of drug-likeness (QED) is 0.173. The average molecular weight is 710 g/mol. The third-order valence-electron chi connectivity index (χ3n) is 8.13. The number of halogens is 2. The molecule has 6 rings (SSSR count). The molecule has 0 saturated carbocycles. The van der Waals surface area contributed by atoms with Gasteiger partial charge < -0.3 is 19.7 Å². The Labute approximate surface area is 291 Å². The van der Waals surface area contributed by atoms with Crippen molar-refractivity contribution in [2.45, 2.75) is 38.2 Å². The second-order valence-electron chi connectivity index (χ2n) is 12.9. The van der Waals surface area contributed by atoms with Gasteiger partial charge in [-0.05, 0) is 88.4 Å². The van der Waals surface area contributed by atoms with E-state index in [1.54, 1.807) is 59.5 Å². The van der Waals surface area contributed by atoms with Crippen molar-refractivity contribution in [1.82, 2.24) is 13.8 Å². The molecule has 5 aromatic rings. The van der Waals surface area contributed by atoms with Gasteiger partial charge in [0.1, 0.15) is 23.5 Å². The molecule has 1 fully saturated rings. The SMILES string of the molecule is Cc1ccc(S(=O)(=O)n2c3ccc(Cl)cc3c3cc(Nc4ccc(Cl)cc4)cc(OCCN4CCN(C(=O)OC(C)(C)C)CC4)c32)cc1. The number of ether oxygens (including phenoxy) is 2. The highest BCUT2D eigenvalue weighted by molar-refractivity contribution is 7.90. The van der Waals surface area contributed by atoms with Crippen LogP contribution in [-0.2, 0) is 14.8 Å². The number of hydrogen-bond acceptors (Lipinski definition) is 7. The summed E-state index contributed by atoms with van der Waals surface area (Å²) in [5.74, 6) is 0.402. The monoisotopic (exact) mass is 708 g/mol. The van der Waals surface area contributed by atoms with E-state index >= 15 is 0 Å². The van der Waals surface area contributed by atoms with Crippen LogP contribution in [0.1, 0.15) is 26.3 Å². The van der Waals surface area contributed by atoms with E-state index in [9.17, 15) is 13.2 Å². The molecule has 0 unspecified atom stereocenters. The normalized spacial score (nSPS) is 14.4. The maximum atomic E-state index is 14.4. The van der Waals surface area contributed by atoms with Gasteiger partial charge in [-0.15, -0.1) is 0 Å². The minimum atomic E-state index is -4.05. The van der Waals surface area contributed by atoms with Gasteiger partial charge in [-0.25, -0.2) is 17.2 Å². The van der Waals surface area contributed by atoms with Gasteiger partial charge >= 0.3 is 6.09 Å².